The summed E-state index contributed by atoms with van der Waals surface area (Å²) in [5.74, 6) is 0.194. The molecule has 0 bridgehead atoms. The van der Waals surface area contributed by atoms with Crippen molar-refractivity contribution < 1.29 is 18.0 Å². The normalized spacial score (nSPS) is 16.7. The summed E-state index contributed by atoms with van der Waals surface area (Å²) < 4.78 is 38.4. The number of aromatic nitrogens is 1. The van der Waals surface area contributed by atoms with Crippen molar-refractivity contribution in [1.29, 1.82) is 0 Å². The fourth-order valence-electron chi connectivity index (χ4n) is 3.53. The second kappa shape index (κ2) is 9.53. The predicted octanol–water partition coefficient (Wildman–Crippen LogP) is 4.45. The Morgan fingerprint density at radius 1 is 1.40 bits per heavy atom. The highest BCUT2D eigenvalue weighted by Crippen LogP contribution is 2.34. The van der Waals surface area contributed by atoms with Crippen LogP contribution in [0.5, 0.6) is 0 Å². The maximum Gasteiger partial charge on any atom is 0.417 e. The molecule has 0 aromatic carbocycles. The van der Waals surface area contributed by atoms with Crippen LogP contribution in [-0.4, -0.2) is 49.5 Å². The topological polar surface area (TPSA) is 48.5 Å². The van der Waals surface area contributed by atoms with Crippen molar-refractivity contribution in [2.45, 2.75) is 25.1 Å². The Hall–Kier alpha value is -1.84. The van der Waals surface area contributed by atoms with Gasteiger partial charge in [0.15, 0.2) is 0 Å². The minimum atomic E-state index is -4.48. The molecule has 1 atom stereocenters. The van der Waals surface area contributed by atoms with E-state index in [0.717, 1.165) is 12.3 Å². The molecule has 2 aromatic heterocycles. The summed E-state index contributed by atoms with van der Waals surface area (Å²) in [5.41, 5.74) is -0.869. The van der Waals surface area contributed by atoms with Gasteiger partial charge in [0.05, 0.1) is 16.6 Å². The van der Waals surface area contributed by atoms with Gasteiger partial charge in [-0.05, 0) is 44.4 Å². The average Bonchev–Trinajstić information content (AvgIpc) is 3.21. The number of piperidine rings is 1. The molecule has 3 heterocycles. The number of nitrogens with one attached hydrogen (secondary N) is 1. The smallest absolute Gasteiger partial charge is 0.355 e. The fourth-order valence-corrected chi connectivity index (χ4v) is 4.74. The lowest BCUT2D eigenvalue weighted by Crippen LogP contribution is -2.43. The van der Waals surface area contributed by atoms with E-state index in [1.54, 1.807) is 11.3 Å². The van der Waals surface area contributed by atoms with Gasteiger partial charge in [-0.2, -0.15) is 13.2 Å². The van der Waals surface area contributed by atoms with Crippen LogP contribution in [0.3, 0.4) is 0 Å². The van der Waals surface area contributed by atoms with E-state index in [9.17, 15) is 18.0 Å². The van der Waals surface area contributed by atoms with Crippen molar-refractivity contribution in [2.75, 3.05) is 38.6 Å². The molecule has 10 heteroatoms. The molecule has 1 aliphatic heterocycles. The Morgan fingerprint density at radius 2 is 2.10 bits per heavy atom. The van der Waals surface area contributed by atoms with E-state index < -0.39 is 11.7 Å². The first kappa shape index (κ1) is 22.8. The summed E-state index contributed by atoms with van der Waals surface area (Å²) in [6.07, 6.45) is -2.49. The summed E-state index contributed by atoms with van der Waals surface area (Å²) in [7, 11) is 3.96. The summed E-state index contributed by atoms with van der Waals surface area (Å²) in [5, 5.41) is 5.04. The molecule has 1 unspecified atom stereocenters. The Kier molecular flexibility index (Phi) is 7.26. The number of halogens is 4. The zero-order chi connectivity index (χ0) is 21.9. The van der Waals surface area contributed by atoms with Gasteiger partial charge in [-0.25, -0.2) is 4.98 Å². The summed E-state index contributed by atoms with van der Waals surface area (Å²) in [6.45, 7) is 1.55. The molecule has 30 heavy (non-hydrogen) atoms. The van der Waals surface area contributed by atoms with Crippen LogP contribution in [0.2, 0.25) is 5.02 Å². The number of pyridine rings is 1. The van der Waals surface area contributed by atoms with Gasteiger partial charge < -0.3 is 15.1 Å². The molecule has 0 saturated carbocycles. The van der Waals surface area contributed by atoms with Gasteiger partial charge in [-0.3, -0.25) is 4.79 Å². The Morgan fingerprint density at radius 3 is 2.63 bits per heavy atom. The Balaban J connectivity index is 1.54. The third-order valence-electron chi connectivity index (χ3n) is 5.28. The van der Waals surface area contributed by atoms with Crippen molar-refractivity contribution in [3.8, 4) is 0 Å². The van der Waals surface area contributed by atoms with E-state index in [0.29, 0.717) is 38.3 Å². The van der Waals surface area contributed by atoms with Gasteiger partial charge in [-0.15, -0.1) is 11.3 Å². The van der Waals surface area contributed by atoms with Crippen molar-refractivity contribution in [3.63, 3.8) is 0 Å². The van der Waals surface area contributed by atoms with Crippen molar-refractivity contribution in [3.05, 3.63) is 45.2 Å². The highest BCUT2D eigenvalue weighted by molar-refractivity contribution is 7.10. The number of amides is 1. The van der Waals surface area contributed by atoms with E-state index in [1.807, 2.05) is 30.4 Å². The molecule has 1 fully saturated rings. The first-order valence-electron chi connectivity index (χ1n) is 9.62. The molecule has 3 rings (SSSR count). The van der Waals surface area contributed by atoms with E-state index in [4.69, 9.17) is 11.6 Å². The van der Waals surface area contributed by atoms with E-state index in [-0.39, 0.29) is 22.9 Å². The lowest BCUT2D eigenvalue weighted by Gasteiger charge is -2.33. The Bertz CT molecular complexity index is 852. The SMILES string of the molecule is CN(C)C(CNC(=O)C1CCN(c2ncc(C(F)(F)F)cc2Cl)CC1)c1cccs1. The molecule has 1 amide bonds. The van der Waals surface area contributed by atoms with Crippen LogP contribution in [0.1, 0.15) is 29.3 Å². The van der Waals surface area contributed by atoms with Gasteiger partial charge in [-0.1, -0.05) is 17.7 Å². The third kappa shape index (κ3) is 5.44. The monoisotopic (exact) mass is 460 g/mol. The van der Waals surface area contributed by atoms with Gasteiger partial charge in [0.1, 0.15) is 5.82 Å². The lowest BCUT2D eigenvalue weighted by molar-refractivity contribution is -0.137. The van der Waals surface area contributed by atoms with Crippen LogP contribution < -0.4 is 10.2 Å². The van der Waals surface area contributed by atoms with Crippen molar-refractivity contribution in [1.82, 2.24) is 15.2 Å². The molecular formula is C20H24ClF3N4OS. The van der Waals surface area contributed by atoms with Crippen LogP contribution in [-0.2, 0) is 11.0 Å². The van der Waals surface area contributed by atoms with Gasteiger partial charge in [0.2, 0.25) is 5.91 Å². The number of thiophene rings is 1. The number of likely N-dealkylation sites (N-methyl/N-ethyl adjacent to an activating group) is 1. The second-order valence-electron chi connectivity index (χ2n) is 7.53. The highest BCUT2D eigenvalue weighted by atomic mass is 35.5. The number of hydrogen-bond donors (Lipinski definition) is 1. The first-order valence-corrected chi connectivity index (χ1v) is 10.9. The fraction of sp³-hybridized carbons (Fsp3) is 0.500. The van der Waals surface area contributed by atoms with Gasteiger partial charge in [0.25, 0.3) is 0 Å². The number of carbonyl (C=O) groups is 1. The molecular weight excluding hydrogens is 437 g/mol. The molecule has 0 radical (unpaired) electrons. The van der Waals surface area contributed by atoms with Crippen molar-refractivity contribution in [2.24, 2.45) is 5.92 Å². The first-order chi connectivity index (χ1) is 14.2. The molecule has 0 aliphatic carbocycles. The maximum absolute atomic E-state index is 12.8. The molecule has 1 N–H and O–H groups in total. The molecule has 0 spiro atoms. The van der Waals surface area contributed by atoms with Crippen molar-refractivity contribution >= 4 is 34.7 Å². The van der Waals surface area contributed by atoms with Gasteiger partial charge in [0, 0.05) is 36.6 Å². The van der Waals surface area contributed by atoms with Crippen LogP contribution in [0.15, 0.2) is 29.8 Å². The maximum atomic E-state index is 12.8. The molecule has 1 saturated heterocycles. The van der Waals surface area contributed by atoms with Crippen LogP contribution in [0.25, 0.3) is 0 Å². The van der Waals surface area contributed by atoms with E-state index in [2.05, 4.69) is 21.3 Å². The van der Waals surface area contributed by atoms with Crippen LogP contribution >= 0.6 is 22.9 Å². The van der Waals surface area contributed by atoms with E-state index in [1.165, 1.54) is 4.88 Å². The molecule has 5 nitrogen and oxygen atoms in total. The minimum absolute atomic E-state index is 0.00420. The average molecular weight is 461 g/mol. The number of anilines is 1. The lowest BCUT2D eigenvalue weighted by atomic mass is 9.95. The number of carbonyl (C=O) groups excluding carboxylic acids is 1. The minimum Gasteiger partial charge on any atom is -0.355 e. The number of alkyl halides is 3. The molecule has 1 aliphatic rings. The second-order valence-corrected chi connectivity index (χ2v) is 8.91. The number of hydrogen-bond acceptors (Lipinski definition) is 5. The molecule has 164 valence electrons. The van der Waals surface area contributed by atoms with E-state index >= 15 is 0 Å². The van der Waals surface area contributed by atoms with Gasteiger partial charge >= 0.3 is 6.18 Å². The molecule has 2 aromatic rings. The summed E-state index contributed by atoms with van der Waals surface area (Å²) in [4.78, 5) is 21.7. The van der Waals surface area contributed by atoms with Crippen LogP contribution in [0, 0.1) is 5.92 Å². The van der Waals surface area contributed by atoms with Crippen LogP contribution in [0.4, 0.5) is 19.0 Å². The zero-order valence-electron chi connectivity index (χ0n) is 16.7. The Labute approximate surface area is 182 Å². The summed E-state index contributed by atoms with van der Waals surface area (Å²) >= 11 is 7.70. The third-order valence-corrected chi connectivity index (χ3v) is 6.53. The largest absolute Gasteiger partial charge is 0.417 e. The quantitative estimate of drug-likeness (QED) is 0.692. The summed E-state index contributed by atoms with van der Waals surface area (Å²) in [6, 6.07) is 5.06. The number of rotatable bonds is 6. The predicted molar refractivity (Wildman–Crippen MR) is 113 cm³/mol. The zero-order valence-corrected chi connectivity index (χ0v) is 18.3. The standard InChI is InChI=1S/C20H24ClF3N4OS/c1-27(2)16(17-4-3-9-30-17)12-26-19(29)13-5-7-28(8-6-13)18-15(21)10-14(11-25-18)20(22,23)24/h3-4,9-11,13,16H,5-8,12H2,1-2H3,(H,26,29). The highest BCUT2D eigenvalue weighted by Gasteiger charge is 2.33. The number of nitrogens with zero attached hydrogens (tertiary/aromatic N) is 3.